The second-order valence-electron chi connectivity index (χ2n) is 6.86. The van der Waals surface area contributed by atoms with Crippen molar-refractivity contribution in [1.29, 1.82) is 0 Å². The number of rotatable bonds is 9. The van der Waals surface area contributed by atoms with E-state index in [1.807, 2.05) is 30.3 Å². The molecule has 0 unspecified atom stereocenters. The summed E-state index contributed by atoms with van der Waals surface area (Å²) >= 11 is 0. The van der Waals surface area contributed by atoms with Gasteiger partial charge in [0.1, 0.15) is 0 Å². The average molecular weight is 367 g/mol. The fraction of sp³-hybridized carbons (Fsp3) is 0.364. The van der Waals surface area contributed by atoms with E-state index in [1.54, 1.807) is 0 Å². The highest BCUT2D eigenvalue weighted by Crippen LogP contribution is 2.24. The lowest BCUT2D eigenvalue weighted by Crippen LogP contribution is -2.30. The van der Waals surface area contributed by atoms with Crippen molar-refractivity contribution in [3.8, 4) is 0 Å². The zero-order chi connectivity index (χ0) is 19.6. The van der Waals surface area contributed by atoms with Crippen LogP contribution in [0, 0.1) is 13.8 Å². The summed E-state index contributed by atoms with van der Waals surface area (Å²) in [5.74, 6) is 0.0324. The molecule has 0 aliphatic rings. The topological polar surface area (TPSA) is 84.2 Å². The molecule has 2 aromatic carbocycles. The van der Waals surface area contributed by atoms with E-state index in [-0.39, 0.29) is 11.9 Å². The van der Waals surface area contributed by atoms with Gasteiger partial charge in [-0.2, -0.15) is 0 Å². The fourth-order valence-electron chi connectivity index (χ4n) is 2.98. The number of aryl methyl sites for hydroxylation is 2. The van der Waals surface area contributed by atoms with E-state index < -0.39 is 6.03 Å². The van der Waals surface area contributed by atoms with Gasteiger partial charge in [0, 0.05) is 13.0 Å². The Balaban J connectivity index is 1.97. The minimum atomic E-state index is -0.508. The molecule has 0 fully saturated rings. The van der Waals surface area contributed by atoms with Crippen LogP contribution in [0.3, 0.4) is 0 Å². The molecule has 0 saturated carbocycles. The van der Waals surface area contributed by atoms with Gasteiger partial charge in [-0.15, -0.1) is 0 Å². The summed E-state index contributed by atoms with van der Waals surface area (Å²) in [6, 6.07) is 15.7. The van der Waals surface area contributed by atoms with E-state index in [1.165, 1.54) is 11.1 Å². The Kier molecular flexibility index (Phi) is 7.86. The molecule has 4 N–H and O–H groups in total. The Morgan fingerprint density at radius 2 is 1.67 bits per heavy atom. The van der Waals surface area contributed by atoms with Crippen molar-refractivity contribution < 1.29 is 9.59 Å². The second kappa shape index (κ2) is 10.4. The van der Waals surface area contributed by atoms with Crippen molar-refractivity contribution in [3.63, 3.8) is 0 Å². The van der Waals surface area contributed by atoms with Crippen molar-refractivity contribution in [2.75, 3.05) is 6.54 Å². The van der Waals surface area contributed by atoms with Crippen LogP contribution >= 0.6 is 0 Å². The van der Waals surface area contributed by atoms with E-state index in [9.17, 15) is 9.59 Å². The molecule has 2 aromatic rings. The summed E-state index contributed by atoms with van der Waals surface area (Å²) in [5.41, 5.74) is 9.63. The summed E-state index contributed by atoms with van der Waals surface area (Å²) in [6.07, 6.45) is 2.92. The fourth-order valence-corrected chi connectivity index (χ4v) is 2.98. The Hall–Kier alpha value is -2.82. The van der Waals surface area contributed by atoms with E-state index in [0.717, 1.165) is 30.4 Å². The molecule has 0 bridgehead atoms. The van der Waals surface area contributed by atoms with Crippen LogP contribution in [-0.4, -0.2) is 18.5 Å². The Morgan fingerprint density at radius 3 is 2.33 bits per heavy atom. The van der Waals surface area contributed by atoms with Crippen LogP contribution in [-0.2, 0) is 4.79 Å². The third kappa shape index (κ3) is 6.77. The standard InChI is InChI=1S/C22H29N3O2/c1-16-12-13-19(15-17(16)2)21(18-9-5-3-6-10-18)25-20(26)11-7-4-8-14-24-22(23)27/h3,5-6,9-10,12-13,15,21H,4,7-8,11,14H2,1-2H3,(H,25,26)(H3,23,24,27)/t21-/m1/s1. The van der Waals surface area contributed by atoms with Gasteiger partial charge in [-0.25, -0.2) is 4.79 Å². The number of primary amides is 1. The Labute approximate surface area is 161 Å². The maximum absolute atomic E-state index is 12.5. The van der Waals surface area contributed by atoms with Gasteiger partial charge in [-0.3, -0.25) is 4.79 Å². The largest absolute Gasteiger partial charge is 0.352 e. The van der Waals surface area contributed by atoms with Crippen LogP contribution in [0.5, 0.6) is 0 Å². The number of hydrogen-bond donors (Lipinski definition) is 3. The first-order chi connectivity index (χ1) is 13.0. The smallest absolute Gasteiger partial charge is 0.312 e. The van der Waals surface area contributed by atoms with Gasteiger partial charge in [0.15, 0.2) is 0 Å². The van der Waals surface area contributed by atoms with Crippen molar-refractivity contribution in [2.45, 2.75) is 45.6 Å². The maximum atomic E-state index is 12.5. The van der Waals surface area contributed by atoms with Crippen LogP contribution in [0.4, 0.5) is 4.79 Å². The molecule has 0 radical (unpaired) electrons. The highest BCUT2D eigenvalue weighted by atomic mass is 16.2. The molecular weight excluding hydrogens is 338 g/mol. The molecule has 2 rings (SSSR count). The number of nitrogens with one attached hydrogen (secondary N) is 2. The Morgan fingerprint density at radius 1 is 0.926 bits per heavy atom. The lowest BCUT2D eigenvalue weighted by Gasteiger charge is -2.21. The molecule has 5 heteroatoms. The van der Waals surface area contributed by atoms with Gasteiger partial charge >= 0.3 is 6.03 Å². The number of hydrogen-bond acceptors (Lipinski definition) is 2. The lowest BCUT2D eigenvalue weighted by molar-refractivity contribution is -0.121. The number of amides is 3. The van der Waals surface area contributed by atoms with Gasteiger partial charge in [-0.1, -0.05) is 55.0 Å². The summed E-state index contributed by atoms with van der Waals surface area (Å²) in [7, 11) is 0. The van der Waals surface area contributed by atoms with Crippen molar-refractivity contribution >= 4 is 11.9 Å². The van der Waals surface area contributed by atoms with Crippen LogP contribution in [0.1, 0.15) is 54.0 Å². The molecule has 0 aromatic heterocycles. The molecule has 0 spiro atoms. The highest BCUT2D eigenvalue weighted by Gasteiger charge is 2.17. The summed E-state index contributed by atoms with van der Waals surface area (Å²) in [6.45, 7) is 4.72. The van der Waals surface area contributed by atoms with Crippen molar-refractivity contribution in [2.24, 2.45) is 5.73 Å². The normalized spacial score (nSPS) is 11.6. The van der Waals surface area contributed by atoms with Gasteiger partial charge in [0.25, 0.3) is 0 Å². The average Bonchev–Trinajstić information content (AvgIpc) is 2.65. The van der Waals surface area contributed by atoms with Crippen LogP contribution in [0.15, 0.2) is 48.5 Å². The van der Waals surface area contributed by atoms with Gasteiger partial charge in [-0.05, 0) is 48.9 Å². The van der Waals surface area contributed by atoms with Crippen molar-refractivity contribution in [3.05, 3.63) is 70.8 Å². The third-order valence-corrected chi connectivity index (χ3v) is 4.68. The van der Waals surface area contributed by atoms with Crippen molar-refractivity contribution in [1.82, 2.24) is 10.6 Å². The van der Waals surface area contributed by atoms with E-state index in [4.69, 9.17) is 5.73 Å². The molecule has 0 saturated heterocycles. The van der Waals surface area contributed by atoms with E-state index in [2.05, 4.69) is 42.7 Å². The highest BCUT2D eigenvalue weighted by molar-refractivity contribution is 5.77. The second-order valence-corrected chi connectivity index (χ2v) is 6.86. The zero-order valence-corrected chi connectivity index (χ0v) is 16.1. The predicted molar refractivity (Wildman–Crippen MR) is 108 cm³/mol. The first-order valence-corrected chi connectivity index (χ1v) is 9.42. The quantitative estimate of drug-likeness (QED) is 0.590. The molecule has 27 heavy (non-hydrogen) atoms. The molecule has 0 aliphatic carbocycles. The monoisotopic (exact) mass is 367 g/mol. The van der Waals surface area contributed by atoms with E-state index >= 15 is 0 Å². The summed E-state index contributed by atoms with van der Waals surface area (Å²) in [5, 5.41) is 5.73. The minimum Gasteiger partial charge on any atom is -0.352 e. The molecule has 0 aliphatic heterocycles. The minimum absolute atomic E-state index is 0.0324. The number of carbonyl (C=O) groups is 2. The molecular formula is C22H29N3O2. The summed E-state index contributed by atoms with van der Waals surface area (Å²) in [4.78, 5) is 23.1. The zero-order valence-electron chi connectivity index (χ0n) is 16.1. The predicted octanol–water partition coefficient (Wildman–Crippen LogP) is 3.74. The molecule has 3 amide bonds. The number of carbonyl (C=O) groups excluding carboxylic acids is 2. The Bertz CT molecular complexity index is 759. The van der Waals surface area contributed by atoms with Crippen LogP contribution in [0.25, 0.3) is 0 Å². The molecule has 0 heterocycles. The first-order valence-electron chi connectivity index (χ1n) is 9.42. The van der Waals surface area contributed by atoms with Gasteiger partial charge in [0.2, 0.25) is 5.91 Å². The molecule has 5 nitrogen and oxygen atoms in total. The summed E-state index contributed by atoms with van der Waals surface area (Å²) < 4.78 is 0. The number of unbranched alkanes of at least 4 members (excludes halogenated alkanes) is 2. The molecule has 144 valence electrons. The maximum Gasteiger partial charge on any atom is 0.312 e. The number of benzene rings is 2. The van der Waals surface area contributed by atoms with Crippen LogP contribution in [0.2, 0.25) is 0 Å². The SMILES string of the molecule is Cc1ccc([C@H](NC(=O)CCCCCNC(N)=O)c2ccccc2)cc1C. The molecule has 1 atom stereocenters. The van der Waals surface area contributed by atoms with Gasteiger partial charge in [0.05, 0.1) is 6.04 Å². The number of urea groups is 1. The van der Waals surface area contributed by atoms with Crippen LogP contribution < -0.4 is 16.4 Å². The number of nitrogens with two attached hydrogens (primary N) is 1. The lowest BCUT2D eigenvalue weighted by atomic mass is 9.95. The first kappa shape index (κ1) is 20.5. The van der Waals surface area contributed by atoms with Gasteiger partial charge < -0.3 is 16.4 Å². The third-order valence-electron chi connectivity index (χ3n) is 4.68. The van der Waals surface area contributed by atoms with E-state index in [0.29, 0.717) is 13.0 Å².